The lowest BCUT2D eigenvalue weighted by Gasteiger charge is -2.24. The van der Waals surface area contributed by atoms with Gasteiger partial charge in [-0.2, -0.15) is 0 Å². The molecule has 1 aromatic heterocycles. The summed E-state index contributed by atoms with van der Waals surface area (Å²) in [7, 11) is 0. The van der Waals surface area contributed by atoms with Crippen LogP contribution in [0.25, 0.3) is 0 Å². The van der Waals surface area contributed by atoms with Gasteiger partial charge in [-0.3, -0.25) is 24.5 Å². The van der Waals surface area contributed by atoms with Crippen molar-refractivity contribution < 1.29 is 37.0 Å². The summed E-state index contributed by atoms with van der Waals surface area (Å²) in [5.74, 6) is -1.05. The number of nitrogens with zero attached hydrogens (tertiary/aromatic N) is 1. The van der Waals surface area contributed by atoms with Gasteiger partial charge in [-0.05, 0) is 42.5 Å². The predicted octanol–water partition coefficient (Wildman–Crippen LogP) is 3.38. The monoisotopic (exact) mass is 589 g/mol. The van der Waals surface area contributed by atoms with Gasteiger partial charge in [0, 0.05) is 34.3 Å². The van der Waals surface area contributed by atoms with Gasteiger partial charge in [0.05, 0.1) is 19.2 Å². The highest BCUT2D eigenvalue weighted by molar-refractivity contribution is 7.10. The Morgan fingerprint density at radius 2 is 1.71 bits per heavy atom. The zero-order valence-electron chi connectivity index (χ0n) is 21.4. The molecule has 0 unspecified atom stereocenters. The summed E-state index contributed by atoms with van der Waals surface area (Å²) in [6.45, 7) is -0.997. The number of carbonyl (C=O) groups excluding carboxylic acids is 3. The Labute approximate surface area is 236 Å². The van der Waals surface area contributed by atoms with E-state index in [2.05, 4.69) is 15.4 Å². The lowest BCUT2D eigenvalue weighted by atomic mass is 10.1. The van der Waals surface area contributed by atoms with Crippen LogP contribution in [0.15, 0.2) is 66.0 Å². The Bertz CT molecular complexity index is 1400. The number of hydrogen-bond acceptors (Lipinski definition) is 7. The van der Waals surface area contributed by atoms with Crippen LogP contribution in [0.3, 0.4) is 0 Å². The third-order valence-corrected chi connectivity index (χ3v) is 7.02. The third-order valence-electron chi connectivity index (χ3n) is 6.08. The van der Waals surface area contributed by atoms with Gasteiger partial charge in [0.1, 0.15) is 23.4 Å². The molecule has 3 amide bonds. The number of benzene rings is 2. The zero-order valence-corrected chi connectivity index (χ0v) is 22.3. The van der Waals surface area contributed by atoms with Crippen LogP contribution in [0.4, 0.5) is 13.2 Å². The number of amides is 3. The van der Waals surface area contributed by atoms with E-state index in [9.17, 15) is 27.6 Å². The molecule has 0 radical (unpaired) electrons. The Balaban J connectivity index is 1.35. The maximum absolute atomic E-state index is 13.0. The van der Waals surface area contributed by atoms with Crippen LogP contribution < -0.4 is 21.1 Å². The number of halogens is 3. The SMILES string of the molecule is N=C(N)c1csc(CNC(=O)[C@@H]2C[C@H](OC(F)(F)F)CN2C(=O)CNC(=O)c2ccc(Oc3ccccc3)cc2)c1. The Kier molecular flexibility index (Phi) is 9.24. The summed E-state index contributed by atoms with van der Waals surface area (Å²) in [6.07, 6.45) is -6.78. The maximum Gasteiger partial charge on any atom is 0.522 e. The smallest absolute Gasteiger partial charge is 0.457 e. The van der Waals surface area contributed by atoms with Crippen LogP contribution in [0.5, 0.6) is 11.5 Å². The molecule has 1 aliphatic rings. The highest BCUT2D eigenvalue weighted by atomic mass is 32.1. The fourth-order valence-electron chi connectivity index (χ4n) is 4.16. The molecule has 4 rings (SSSR count). The van der Waals surface area contributed by atoms with E-state index in [1.54, 1.807) is 35.7 Å². The van der Waals surface area contributed by atoms with Crippen LogP contribution in [0.1, 0.15) is 27.2 Å². The fraction of sp³-hybridized carbons (Fsp3) is 0.259. The number of carbonyl (C=O) groups is 3. The fourth-order valence-corrected chi connectivity index (χ4v) is 4.98. The predicted molar refractivity (Wildman–Crippen MR) is 144 cm³/mol. The van der Waals surface area contributed by atoms with Gasteiger partial charge < -0.3 is 26.0 Å². The van der Waals surface area contributed by atoms with E-state index in [-0.39, 0.29) is 24.4 Å². The molecule has 0 saturated carbocycles. The van der Waals surface area contributed by atoms with Crippen molar-refractivity contribution in [2.75, 3.05) is 13.1 Å². The first-order chi connectivity index (χ1) is 19.5. The molecular formula is C27H26F3N5O5S. The summed E-state index contributed by atoms with van der Waals surface area (Å²) in [5, 5.41) is 14.1. The minimum atomic E-state index is -4.95. The van der Waals surface area contributed by atoms with E-state index in [0.29, 0.717) is 21.9 Å². The molecule has 3 aromatic rings. The summed E-state index contributed by atoms with van der Waals surface area (Å²) in [6, 6.07) is 15.5. The van der Waals surface area contributed by atoms with Crippen LogP contribution in [0, 0.1) is 5.41 Å². The molecule has 41 heavy (non-hydrogen) atoms. The maximum atomic E-state index is 13.0. The van der Waals surface area contributed by atoms with Crippen molar-refractivity contribution in [3.63, 3.8) is 0 Å². The third kappa shape index (κ3) is 8.28. The van der Waals surface area contributed by atoms with Crippen LogP contribution in [-0.4, -0.2) is 60.1 Å². The molecular weight excluding hydrogens is 563 g/mol. The van der Waals surface area contributed by atoms with E-state index < -0.39 is 49.3 Å². The zero-order chi connectivity index (χ0) is 29.6. The number of nitrogens with one attached hydrogen (secondary N) is 3. The second kappa shape index (κ2) is 12.8. The van der Waals surface area contributed by atoms with E-state index in [1.807, 2.05) is 18.2 Å². The molecule has 1 fully saturated rings. The van der Waals surface area contributed by atoms with Crippen molar-refractivity contribution in [1.29, 1.82) is 5.41 Å². The normalized spacial score (nSPS) is 16.7. The molecule has 2 atom stereocenters. The molecule has 1 aliphatic heterocycles. The van der Waals surface area contributed by atoms with E-state index in [0.717, 1.165) is 4.90 Å². The van der Waals surface area contributed by atoms with Crippen molar-refractivity contribution in [2.45, 2.75) is 31.5 Å². The van der Waals surface area contributed by atoms with Crippen LogP contribution in [-0.2, 0) is 20.9 Å². The van der Waals surface area contributed by atoms with Crippen molar-refractivity contribution in [2.24, 2.45) is 5.73 Å². The topological polar surface area (TPSA) is 147 Å². The molecule has 0 spiro atoms. The van der Waals surface area contributed by atoms with E-state index in [1.165, 1.54) is 23.5 Å². The average Bonchev–Trinajstić information content (AvgIpc) is 3.58. The van der Waals surface area contributed by atoms with Gasteiger partial charge in [0.2, 0.25) is 11.8 Å². The van der Waals surface area contributed by atoms with Gasteiger partial charge in [-0.15, -0.1) is 24.5 Å². The summed E-state index contributed by atoms with van der Waals surface area (Å²) >= 11 is 1.24. The number of thiophene rings is 1. The molecule has 216 valence electrons. The highest BCUT2D eigenvalue weighted by Crippen LogP contribution is 2.28. The van der Waals surface area contributed by atoms with Gasteiger partial charge in [0.25, 0.3) is 5.91 Å². The first kappa shape index (κ1) is 29.6. The number of alkyl halides is 3. The van der Waals surface area contributed by atoms with Crippen molar-refractivity contribution in [1.82, 2.24) is 15.5 Å². The Morgan fingerprint density at radius 3 is 2.34 bits per heavy atom. The summed E-state index contributed by atoms with van der Waals surface area (Å²) in [4.78, 5) is 40.1. The molecule has 2 aromatic carbocycles. The van der Waals surface area contributed by atoms with Crippen molar-refractivity contribution >= 4 is 34.9 Å². The van der Waals surface area contributed by atoms with Crippen LogP contribution in [0.2, 0.25) is 0 Å². The lowest BCUT2D eigenvalue weighted by molar-refractivity contribution is -0.340. The number of nitrogens with two attached hydrogens (primary N) is 1. The minimum Gasteiger partial charge on any atom is -0.457 e. The quantitative estimate of drug-likeness (QED) is 0.211. The first-order valence-corrected chi connectivity index (χ1v) is 13.2. The standard InChI is InChI=1S/C27H26F3N5O5S/c28-27(29,30)40-20-11-22(26(38)33-12-21-10-17(15-41-21)24(31)32)35(14-20)23(36)13-34-25(37)16-6-8-19(9-7-16)39-18-4-2-1-3-5-18/h1-10,15,20,22H,11-14H2,(H3,31,32)(H,33,38)(H,34,37)/t20-,22-/m0/s1. The number of ether oxygens (including phenoxy) is 2. The molecule has 0 bridgehead atoms. The number of para-hydroxylation sites is 1. The molecule has 1 saturated heterocycles. The molecule has 14 heteroatoms. The van der Waals surface area contributed by atoms with Gasteiger partial charge in [0.15, 0.2) is 0 Å². The number of rotatable bonds is 10. The first-order valence-electron chi connectivity index (χ1n) is 12.3. The van der Waals surface area contributed by atoms with Gasteiger partial charge >= 0.3 is 6.36 Å². The largest absolute Gasteiger partial charge is 0.522 e. The molecule has 10 nitrogen and oxygen atoms in total. The van der Waals surface area contributed by atoms with Gasteiger partial charge in [-0.25, -0.2) is 0 Å². The highest BCUT2D eigenvalue weighted by Gasteiger charge is 2.44. The van der Waals surface area contributed by atoms with E-state index in [4.69, 9.17) is 15.9 Å². The molecule has 0 aliphatic carbocycles. The minimum absolute atomic E-state index is 0.0286. The van der Waals surface area contributed by atoms with Crippen molar-refractivity contribution in [3.8, 4) is 11.5 Å². The van der Waals surface area contributed by atoms with E-state index >= 15 is 0 Å². The lowest BCUT2D eigenvalue weighted by Crippen LogP contribution is -2.48. The Hall–Kier alpha value is -4.43. The molecule has 2 heterocycles. The van der Waals surface area contributed by atoms with Crippen LogP contribution >= 0.6 is 11.3 Å². The molecule has 5 N–H and O–H groups in total. The summed E-state index contributed by atoms with van der Waals surface area (Å²) < 4.78 is 48.4. The van der Waals surface area contributed by atoms with Crippen molar-refractivity contribution in [3.05, 3.63) is 82.0 Å². The second-order valence-corrected chi connectivity index (χ2v) is 10.0. The number of likely N-dealkylation sites (tertiary alicyclic amines) is 1. The van der Waals surface area contributed by atoms with Gasteiger partial charge in [-0.1, -0.05) is 18.2 Å². The Morgan fingerprint density at radius 1 is 1.02 bits per heavy atom. The number of nitrogen functional groups attached to an aromatic ring is 1. The number of hydrogen-bond donors (Lipinski definition) is 4. The summed E-state index contributed by atoms with van der Waals surface area (Å²) in [5.41, 5.74) is 6.14. The second-order valence-electron chi connectivity index (χ2n) is 9.04. The average molecular weight is 590 g/mol. The number of amidine groups is 1.